The molecule has 0 fully saturated rings. The monoisotopic (exact) mass is 526 g/mol. The van der Waals surface area contributed by atoms with E-state index in [-0.39, 0.29) is 28.9 Å². The van der Waals surface area contributed by atoms with Crippen LogP contribution in [0.2, 0.25) is 0 Å². The Balaban J connectivity index is 2.48. The van der Waals surface area contributed by atoms with Crippen molar-refractivity contribution in [1.82, 2.24) is 14.5 Å². The highest BCUT2D eigenvalue weighted by atomic mass is 16.6. The van der Waals surface area contributed by atoms with Gasteiger partial charge in [0, 0.05) is 17.7 Å². The van der Waals surface area contributed by atoms with Gasteiger partial charge in [0.1, 0.15) is 17.3 Å². The van der Waals surface area contributed by atoms with Gasteiger partial charge in [0.25, 0.3) is 5.56 Å². The number of esters is 1. The third-order valence-electron chi connectivity index (χ3n) is 5.46. The van der Waals surface area contributed by atoms with Crippen LogP contribution in [0.4, 0.5) is 4.79 Å². The lowest BCUT2D eigenvalue weighted by molar-refractivity contribution is -0.149. The van der Waals surface area contributed by atoms with Crippen LogP contribution in [0.3, 0.4) is 0 Å². The van der Waals surface area contributed by atoms with Gasteiger partial charge in [-0.2, -0.15) is 5.26 Å². The molecular weight excluding hydrogens is 492 g/mol. The summed E-state index contributed by atoms with van der Waals surface area (Å²) in [4.78, 5) is 64.7. The fourth-order valence-electron chi connectivity index (χ4n) is 3.80. The van der Waals surface area contributed by atoms with E-state index in [4.69, 9.17) is 9.47 Å². The Hall–Kier alpha value is -4.20. The molecule has 0 saturated heterocycles. The number of carbonyl (C=O) groups excluding carboxylic acids is 3. The van der Waals surface area contributed by atoms with E-state index in [1.54, 1.807) is 60.6 Å². The van der Waals surface area contributed by atoms with Crippen LogP contribution in [-0.4, -0.2) is 38.6 Å². The highest BCUT2D eigenvalue weighted by Gasteiger charge is 2.28. The molecule has 11 heteroatoms. The van der Waals surface area contributed by atoms with Gasteiger partial charge < -0.3 is 14.8 Å². The van der Waals surface area contributed by atoms with Crippen LogP contribution in [0, 0.1) is 18.3 Å². The fraction of sp³-hybridized carbons (Fsp3) is 0.481. The summed E-state index contributed by atoms with van der Waals surface area (Å²) < 4.78 is 12.2. The van der Waals surface area contributed by atoms with Crippen LogP contribution in [0.1, 0.15) is 87.1 Å². The second kappa shape index (κ2) is 11.9. The standard InChI is InChI=1S/C27H34N4O7/c1-9-30-21(22(32)19-11-16(4)10-18(12-19)13-28)20(15(2)3)23(33)31(26(30)36)14-37-24(34)17(5)29-25(35)38-27(6,7)8/h10-12,15,17H,9,14H2,1-8H3,(H,29,35)/t17-/m0/s1. The second-order valence-corrected chi connectivity index (χ2v) is 10.2. The molecule has 0 spiro atoms. The molecular formula is C27H34N4O7. The van der Waals surface area contributed by atoms with Crippen LogP contribution in [0.25, 0.3) is 0 Å². The molecule has 1 atom stereocenters. The maximum atomic E-state index is 13.6. The molecule has 0 aliphatic heterocycles. The molecule has 1 N–H and O–H groups in total. The normalized spacial score (nSPS) is 12.0. The van der Waals surface area contributed by atoms with Crippen molar-refractivity contribution < 1.29 is 23.9 Å². The predicted octanol–water partition coefficient (Wildman–Crippen LogP) is 2.98. The number of hydrogen-bond acceptors (Lipinski definition) is 8. The summed E-state index contributed by atoms with van der Waals surface area (Å²) in [5, 5.41) is 11.6. The Labute approximate surface area is 221 Å². The molecule has 1 heterocycles. The van der Waals surface area contributed by atoms with Crippen LogP contribution in [0.15, 0.2) is 27.8 Å². The number of ketones is 1. The van der Waals surface area contributed by atoms with Crippen LogP contribution < -0.4 is 16.6 Å². The Morgan fingerprint density at radius 3 is 2.24 bits per heavy atom. The molecule has 2 aromatic rings. The minimum Gasteiger partial charge on any atom is -0.444 e. The van der Waals surface area contributed by atoms with Gasteiger partial charge in [-0.1, -0.05) is 13.8 Å². The lowest BCUT2D eigenvalue weighted by Crippen LogP contribution is -2.47. The molecule has 2 rings (SSSR count). The average Bonchev–Trinajstić information content (AvgIpc) is 2.80. The Kier molecular flexibility index (Phi) is 9.40. The molecule has 0 aliphatic carbocycles. The number of hydrogen-bond donors (Lipinski definition) is 1. The van der Waals surface area contributed by atoms with E-state index >= 15 is 0 Å². The van der Waals surface area contributed by atoms with Crippen molar-refractivity contribution in [2.75, 3.05) is 0 Å². The highest BCUT2D eigenvalue weighted by Crippen LogP contribution is 2.20. The number of aromatic nitrogens is 2. The lowest BCUT2D eigenvalue weighted by atomic mass is 9.95. The number of nitriles is 1. The van der Waals surface area contributed by atoms with Crippen molar-refractivity contribution in [2.24, 2.45) is 0 Å². The first-order valence-electron chi connectivity index (χ1n) is 12.2. The zero-order valence-corrected chi connectivity index (χ0v) is 23.0. The molecule has 0 aliphatic rings. The maximum Gasteiger partial charge on any atom is 0.408 e. The first kappa shape index (κ1) is 30.0. The number of benzene rings is 1. The molecule has 0 saturated carbocycles. The van der Waals surface area contributed by atoms with E-state index in [0.29, 0.717) is 5.56 Å². The average molecular weight is 527 g/mol. The zero-order valence-electron chi connectivity index (χ0n) is 23.0. The molecule has 1 aromatic carbocycles. The number of aryl methyl sites for hydroxylation is 1. The summed E-state index contributed by atoms with van der Waals surface area (Å²) in [6.45, 7) is 12.5. The first-order valence-corrected chi connectivity index (χ1v) is 12.2. The van der Waals surface area contributed by atoms with Gasteiger partial charge >= 0.3 is 17.8 Å². The topological polar surface area (TPSA) is 149 Å². The summed E-state index contributed by atoms with van der Waals surface area (Å²) in [5.74, 6) is -1.92. The number of ether oxygens (including phenoxy) is 2. The quantitative estimate of drug-likeness (QED) is 0.407. The molecule has 0 radical (unpaired) electrons. The van der Waals surface area contributed by atoms with Crippen LogP contribution >= 0.6 is 0 Å². The van der Waals surface area contributed by atoms with Crippen LogP contribution in [0.5, 0.6) is 0 Å². The van der Waals surface area contributed by atoms with Crippen molar-refractivity contribution in [3.8, 4) is 6.07 Å². The smallest absolute Gasteiger partial charge is 0.408 e. The lowest BCUT2D eigenvalue weighted by Gasteiger charge is -2.22. The predicted molar refractivity (Wildman–Crippen MR) is 139 cm³/mol. The number of rotatable bonds is 8. The van der Waals surface area contributed by atoms with E-state index in [2.05, 4.69) is 5.32 Å². The molecule has 0 bridgehead atoms. The Bertz CT molecular complexity index is 1400. The van der Waals surface area contributed by atoms with Gasteiger partial charge in [-0.15, -0.1) is 0 Å². The van der Waals surface area contributed by atoms with Gasteiger partial charge in [0.15, 0.2) is 6.73 Å². The third-order valence-corrected chi connectivity index (χ3v) is 5.46. The van der Waals surface area contributed by atoms with Crippen molar-refractivity contribution in [2.45, 2.75) is 86.2 Å². The van der Waals surface area contributed by atoms with Crippen molar-refractivity contribution in [1.29, 1.82) is 5.26 Å². The number of amides is 1. The van der Waals surface area contributed by atoms with E-state index in [1.165, 1.54) is 13.0 Å². The third kappa shape index (κ3) is 6.97. The molecule has 11 nitrogen and oxygen atoms in total. The van der Waals surface area contributed by atoms with Gasteiger partial charge in [-0.05, 0) is 71.2 Å². The van der Waals surface area contributed by atoms with Crippen molar-refractivity contribution in [3.05, 3.63) is 67.0 Å². The second-order valence-electron chi connectivity index (χ2n) is 10.2. The van der Waals surface area contributed by atoms with Gasteiger partial charge in [0.2, 0.25) is 5.78 Å². The number of alkyl carbamates (subject to hydrolysis) is 1. The van der Waals surface area contributed by atoms with Gasteiger partial charge in [-0.25, -0.2) is 19.0 Å². The van der Waals surface area contributed by atoms with Gasteiger partial charge in [0.05, 0.1) is 11.6 Å². The summed E-state index contributed by atoms with van der Waals surface area (Å²) in [7, 11) is 0. The molecule has 204 valence electrons. The largest absolute Gasteiger partial charge is 0.444 e. The summed E-state index contributed by atoms with van der Waals surface area (Å²) in [6, 6.07) is 5.51. The first-order chi connectivity index (χ1) is 17.6. The van der Waals surface area contributed by atoms with E-state index < -0.39 is 53.4 Å². The SMILES string of the molecule is CCn1c(C(=O)c2cc(C)cc(C#N)c2)c(C(C)C)c(=O)n(COC(=O)[C@H](C)NC(=O)OC(C)(C)C)c1=O. The minimum absolute atomic E-state index is 0.0569. The summed E-state index contributed by atoms with van der Waals surface area (Å²) in [5.41, 5.74) is -1.24. The van der Waals surface area contributed by atoms with Gasteiger partial charge in [-0.3, -0.25) is 14.2 Å². The zero-order chi connectivity index (χ0) is 28.9. The Morgan fingerprint density at radius 2 is 1.71 bits per heavy atom. The number of nitrogens with one attached hydrogen (secondary N) is 1. The summed E-state index contributed by atoms with van der Waals surface area (Å²) in [6.07, 6.45) is -0.826. The Morgan fingerprint density at radius 1 is 1.08 bits per heavy atom. The minimum atomic E-state index is -1.12. The van der Waals surface area contributed by atoms with E-state index in [1.807, 2.05) is 6.07 Å². The van der Waals surface area contributed by atoms with E-state index in [9.17, 15) is 29.2 Å². The van der Waals surface area contributed by atoms with Crippen molar-refractivity contribution >= 4 is 17.8 Å². The summed E-state index contributed by atoms with van der Waals surface area (Å²) >= 11 is 0. The molecule has 1 amide bonds. The fourth-order valence-corrected chi connectivity index (χ4v) is 3.80. The molecule has 1 aromatic heterocycles. The maximum absolute atomic E-state index is 13.6. The molecule has 0 unspecified atom stereocenters. The van der Waals surface area contributed by atoms with Crippen molar-refractivity contribution in [3.63, 3.8) is 0 Å². The van der Waals surface area contributed by atoms with Crippen LogP contribution in [-0.2, 0) is 27.5 Å². The number of nitrogens with zero attached hydrogens (tertiary/aromatic N) is 3. The molecule has 38 heavy (non-hydrogen) atoms. The number of carbonyl (C=O) groups is 3. The highest BCUT2D eigenvalue weighted by molar-refractivity contribution is 6.09. The van der Waals surface area contributed by atoms with E-state index in [0.717, 1.165) is 9.13 Å².